The molecule has 0 bridgehead atoms. The lowest BCUT2D eigenvalue weighted by Gasteiger charge is -2.05. The van der Waals surface area contributed by atoms with Crippen molar-refractivity contribution in [2.75, 3.05) is 6.61 Å². The van der Waals surface area contributed by atoms with E-state index in [4.69, 9.17) is 10.8 Å². The van der Waals surface area contributed by atoms with Crippen molar-refractivity contribution in [3.63, 3.8) is 0 Å². The number of hydrogen-bond donors (Lipinski definition) is 3. The van der Waals surface area contributed by atoms with Crippen LogP contribution in [0.1, 0.15) is 11.6 Å². The topological polar surface area (TPSA) is 74.9 Å². The Morgan fingerprint density at radius 1 is 1.47 bits per heavy atom. The first-order valence-corrected chi connectivity index (χ1v) is 4.11. The lowest BCUT2D eigenvalue weighted by Crippen LogP contribution is -2.13. The normalized spacial score (nSPS) is 11.6. The molecule has 2 rings (SSSR count). The second-order valence-electron chi connectivity index (χ2n) is 2.93. The number of nitrogens with one attached hydrogen (secondary N) is 1. The van der Waals surface area contributed by atoms with E-state index in [-0.39, 0.29) is 37.5 Å². The molecule has 0 aliphatic carbocycles. The highest BCUT2D eigenvalue weighted by molar-refractivity contribution is 5.85. The van der Waals surface area contributed by atoms with Gasteiger partial charge in [0.05, 0.1) is 12.6 Å². The van der Waals surface area contributed by atoms with Crippen LogP contribution in [0.4, 0.5) is 0 Å². The van der Waals surface area contributed by atoms with E-state index in [1.54, 1.807) is 12.4 Å². The molecule has 1 unspecified atom stereocenters. The monoisotopic (exact) mass is 249 g/mol. The first kappa shape index (κ1) is 14.2. The van der Waals surface area contributed by atoms with Crippen LogP contribution in [-0.2, 0) is 0 Å². The van der Waals surface area contributed by atoms with Crippen LogP contribution >= 0.6 is 24.8 Å². The Labute approximate surface area is 99.7 Å². The molecule has 0 radical (unpaired) electrons. The molecule has 84 valence electrons. The second-order valence-corrected chi connectivity index (χ2v) is 2.93. The number of H-pyrrole nitrogens is 1. The minimum atomic E-state index is -0.335. The van der Waals surface area contributed by atoms with Gasteiger partial charge in [-0.1, -0.05) is 0 Å². The van der Waals surface area contributed by atoms with Gasteiger partial charge in [0, 0.05) is 17.8 Å². The summed E-state index contributed by atoms with van der Waals surface area (Å²) in [7, 11) is 0. The van der Waals surface area contributed by atoms with Crippen LogP contribution in [0.25, 0.3) is 11.0 Å². The van der Waals surface area contributed by atoms with E-state index in [1.165, 1.54) is 0 Å². The van der Waals surface area contributed by atoms with Crippen molar-refractivity contribution in [3.05, 3.63) is 30.1 Å². The summed E-state index contributed by atoms with van der Waals surface area (Å²) < 4.78 is 0. The van der Waals surface area contributed by atoms with Gasteiger partial charge in [0.15, 0.2) is 0 Å². The molecule has 1 atom stereocenters. The lowest BCUT2D eigenvalue weighted by molar-refractivity contribution is 0.268. The Balaban J connectivity index is 0.000000980. The van der Waals surface area contributed by atoms with Crippen molar-refractivity contribution < 1.29 is 5.11 Å². The van der Waals surface area contributed by atoms with Crippen LogP contribution < -0.4 is 5.73 Å². The van der Waals surface area contributed by atoms with Gasteiger partial charge in [-0.05, 0) is 17.7 Å². The molecule has 0 amide bonds. The van der Waals surface area contributed by atoms with Crippen molar-refractivity contribution in [2.45, 2.75) is 6.04 Å². The van der Waals surface area contributed by atoms with Crippen LogP contribution in [0.2, 0.25) is 0 Å². The molecule has 2 heterocycles. The summed E-state index contributed by atoms with van der Waals surface area (Å²) in [6.07, 6.45) is 3.51. The highest BCUT2D eigenvalue weighted by Gasteiger charge is 2.10. The standard InChI is InChI=1S/C9H11N3O.2ClH/c10-8(5-13)7-4-12-9-6(7)2-1-3-11-9;;/h1-4,8,13H,5,10H2,(H,11,12);2*1H. The molecule has 0 aliphatic heterocycles. The molecule has 0 fully saturated rings. The molecule has 0 spiro atoms. The van der Waals surface area contributed by atoms with Gasteiger partial charge >= 0.3 is 0 Å². The third-order valence-electron chi connectivity index (χ3n) is 2.08. The quantitative estimate of drug-likeness (QED) is 0.754. The first-order chi connectivity index (χ1) is 6.33. The van der Waals surface area contributed by atoms with Crippen molar-refractivity contribution in [2.24, 2.45) is 5.73 Å². The zero-order valence-corrected chi connectivity index (χ0v) is 9.52. The Morgan fingerprint density at radius 2 is 2.20 bits per heavy atom. The average molecular weight is 250 g/mol. The number of aliphatic hydroxyl groups is 1. The van der Waals surface area contributed by atoms with Gasteiger partial charge < -0.3 is 15.8 Å². The van der Waals surface area contributed by atoms with Crippen LogP contribution in [0.5, 0.6) is 0 Å². The van der Waals surface area contributed by atoms with E-state index < -0.39 is 0 Å². The van der Waals surface area contributed by atoms with Gasteiger partial charge in [0.25, 0.3) is 0 Å². The van der Waals surface area contributed by atoms with E-state index in [0.29, 0.717) is 0 Å². The minimum Gasteiger partial charge on any atom is -0.394 e. The molecule has 2 aromatic heterocycles. The summed E-state index contributed by atoms with van der Waals surface area (Å²) in [5.74, 6) is 0. The maximum Gasteiger partial charge on any atom is 0.137 e. The number of aliphatic hydroxyl groups excluding tert-OH is 1. The van der Waals surface area contributed by atoms with E-state index in [9.17, 15) is 0 Å². The lowest BCUT2D eigenvalue weighted by atomic mass is 10.1. The Morgan fingerprint density at radius 3 is 2.87 bits per heavy atom. The Kier molecular flexibility index (Phi) is 5.60. The molecule has 0 saturated heterocycles. The second kappa shape index (κ2) is 5.92. The summed E-state index contributed by atoms with van der Waals surface area (Å²) in [6.45, 7) is -0.0537. The van der Waals surface area contributed by atoms with E-state index in [0.717, 1.165) is 16.6 Å². The number of pyridine rings is 1. The summed E-state index contributed by atoms with van der Waals surface area (Å²) >= 11 is 0. The van der Waals surface area contributed by atoms with E-state index in [1.807, 2.05) is 12.1 Å². The predicted molar refractivity (Wildman–Crippen MR) is 64.6 cm³/mol. The molecule has 0 saturated carbocycles. The molecule has 4 nitrogen and oxygen atoms in total. The maximum atomic E-state index is 8.91. The van der Waals surface area contributed by atoms with Crippen LogP contribution in [-0.4, -0.2) is 21.7 Å². The van der Waals surface area contributed by atoms with Gasteiger partial charge in [-0.3, -0.25) is 0 Å². The number of hydrogen-bond acceptors (Lipinski definition) is 3. The van der Waals surface area contributed by atoms with Crippen LogP contribution in [0.15, 0.2) is 24.5 Å². The number of halogens is 2. The third kappa shape index (κ3) is 2.60. The van der Waals surface area contributed by atoms with Crippen molar-refractivity contribution in [3.8, 4) is 0 Å². The first-order valence-electron chi connectivity index (χ1n) is 4.11. The zero-order valence-electron chi connectivity index (χ0n) is 7.88. The van der Waals surface area contributed by atoms with Crippen molar-refractivity contribution in [1.29, 1.82) is 0 Å². The van der Waals surface area contributed by atoms with Gasteiger partial charge in [-0.15, -0.1) is 24.8 Å². The highest BCUT2D eigenvalue weighted by atomic mass is 35.5. The number of fused-ring (bicyclic) bond motifs is 1. The van der Waals surface area contributed by atoms with Crippen LogP contribution in [0.3, 0.4) is 0 Å². The maximum absolute atomic E-state index is 8.91. The molecule has 15 heavy (non-hydrogen) atoms. The molecule has 2 aromatic rings. The zero-order chi connectivity index (χ0) is 9.26. The third-order valence-corrected chi connectivity index (χ3v) is 2.08. The Hall–Kier alpha value is -0.810. The van der Waals surface area contributed by atoms with Gasteiger partial charge in [-0.25, -0.2) is 4.98 Å². The minimum absolute atomic E-state index is 0. The van der Waals surface area contributed by atoms with Gasteiger partial charge in [0.1, 0.15) is 5.65 Å². The fourth-order valence-corrected chi connectivity index (χ4v) is 1.38. The molecule has 0 aromatic carbocycles. The Bertz CT molecular complexity index is 418. The number of nitrogens with two attached hydrogens (primary N) is 1. The van der Waals surface area contributed by atoms with Gasteiger partial charge in [-0.2, -0.15) is 0 Å². The summed E-state index contributed by atoms with van der Waals surface area (Å²) in [4.78, 5) is 7.13. The summed E-state index contributed by atoms with van der Waals surface area (Å²) in [6, 6.07) is 3.45. The molecule has 0 aliphatic rings. The number of nitrogens with zero attached hydrogens (tertiary/aromatic N) is 1. The van der Waals surface area contributed by atoms with E-state index in [2.05, 4.69) is 9.97 Å². The number of aromatic amines is 1. The van der Waals surface area contributed by atoms with Gasteiger partial charge in [0.2, 0.25) is 0 Å². The molecule has 4 N–H and O–H groups in total. The largest absolute Gasteiger partial charge is 0.394 e. The highest BCUT2D eigenvalue weighted by Crippen LogP contribution is 2.20. The fraction of sp³-hybridized carbons (Fsp3) is 0.222. The molecular weight excluding hydrogens is 237 g/mol. The number of rotatable bonds is 2. The predicted octanol–water partition coefficient (Wildman–Crippen LogP) is 1.40. The van der Waals surface area contributed by atoms with E-state index >= 15 is 0 Å². The molecular formula is C9H13Cl2N3O. The van der Waals surface area contributed by atoms with Crippen molar-refractivity contribution in [1.82, 2.24) is 9.97 Å². The SMILES string of the molecule is Cl.Cl.NC(CO)c1c[nH]c2ncccc12. The fourth-order valence-electron chi connectivity index (χ4n) is 1.38. The van der Waals surface area contributed by atoms with Crippen LogP contribution in [0, 0.1) is 0 Å². The molecule has 6 heteroatoms. The van der Waals surface area contributed by atoms with Crippen molar-refractivity contribution >= 4 is 35.8 Å². The summed E-state index contributed by atoms with van der Waals surface area (Å²) in [5, 5.41) is 9.88. The number of aromatic nitrogens is 2. The average Bonchev–Trinajstić information content (AvgIpc) is 2.60. The smallest absolute Gasteiger partial charge is 0.137 e. The summed E-state index contributed by atoms with van der Waals surface area (Å²) in [5.41, 5.74) is 7.42.